The van der Waals surface area contributed by atoms with Crippen LogP contribution in [0.4, 0.5) is 0 Å². The quantitative estimate of drug-likeness (QED) is 0.393. The van der Waals surface area contributed by atoms with Crippen LogP contribution in [0.2, 0.25) is 0 Å². The van der Waals surface area contributed by atoms with Crippen molar-refractivity contribution in [1.29, 1.82) is 5.26 Å². The van der Waals surface area contributed by atoms with Crippen LogP contribution < -0.4 is 5.32 Å². The molecule has 34 heavy (non-hydrogen) atoms. The number of fused-ring (bicyclic) bond motifs is 2. The van der Waals surface area contributed by atoms with E-state index in [4.69, 9.17) is 0 Å². The lowest BCUT2D eigenvalue weighted by Crippen LogP contribution is -2.75. The summed E-state index contributed by atoms with van der Waals surface area (Å²) in [4.78, 5) is 11.7. The molecule has 2 bridgehead atoms. The lowest BCUT2D eigenvalue weighted by molar-refractivity contribution is -0.169. The minimum atomic E-state index is -0.111. The van der Waals surface area contributed by atoms with Gasteiger partial charge in [-0.2, -0.15) is 5.26 Å². The number of benzene rings is 3. The number of nitrogens with zero attached hydrogens (tertiary/aromatic N) is 2. The Morgan fingerprint density at radius 2 is 1.91 bits per heavy atom. The first-order valence-corrected chi connectivity index (χ1v) is 11.6. The van der Waals surface area contributed by atoms with Gasteiger partial charge in [-0.25, -0.2) is 0 Å². The third-order valence-electron chi connectivity index (χ3n) is 7.81. The fourth-order valence-electron chi connectivity index (χ4n) is 6.49. The summed E-state index contributed by atoms with van der Waals surface area (Å²) >= 11 is 0. The summed E-state index contributed by atoms with van der Waals surface area (Å²) in [5.74, 6) is 0.129. The Morgan fingerprint density at radius 1 is 1.15 bits per heavy atom. The molecule has 4 aromatic rings. The number of amides is 1. The zero-order valence-electron chi connectivity index (χ0n) is 19.1. The van der Waals surface area contributed by atoms with Gasteiger partial charge in [0.25, 0.3) is 0 Å². The van der Waals surface area contributed by atoms with Crippen LogP contribution in [0.5, 0.6) is 5.75 Å². The van der Waals surface area contributed by atoms with E-state index < -0.39 is 0 Å². The first-order valence-electron chi connectivity index (χ1n) is 11.6. The fourth-order valence-corrected chi connectivity index (χ4v) is 6.49. The van der Waals surface area contributed by atoms with E-state index >= 15 is 0 Å². The Balaban J connectivity index is 1.39. The predicted octanol–water partition coefficient (Wildman–Crippen LogP) is 5.57. The van der Waals surface area contributed by atoms with Crippen molar-refractivity contribution in [3.63, 3.8) is 0 Å². The zero-order valence-corrected chi connectivity index (χ0v) is 19.1. The average molecular weight is 448 g/mol. The molecular formula is C29H25N3O2. The normalized spacial score (nSPS) is 22.6. The molecule has 3 fully saturated rings. The van der Waals surface area contributed by atoms with Crippen LogP contribution in [0, 0.1) is 23.7 Å². The maximum absolute atomic E-state index is 11.7. The molecule has 168 valence electrons. The van der Waals surface area contributed by atoms with Gasteiger partial charge < -0.3 is 15.0 Å². The Bertz CT molecular complexity index is 1550. The second-order valence-corrected chi connectivity index (χ2v) is 10.1. The van der Waals surface area contributed by atoms with Gasteiger partial charge in [-0.3, -0.25) is 4.79 Å². The molecule has 1 aromatic heterocycles. The number of aromatic nitrogens is 1. The van der Waals surface area contributed by atoms with Crippen LogP contribution in [0.15, 0.2) is 67.3 Å². The van der Waals surface area contributed by atoms with E-state index in [1.165, 1.54) is 6.08 Å². The summed E-state index contributed by atoms with van der Waals surface area (Å²) in [6.07, 6.45) is 4.15. The van der Waals surface area contributed by atoms with Gasteiger partial charge in [0.05, 0.1) is 0 Å². The third-order valence-corrected chi connectivity index (χ3v) is 7.81. The number of hydrogen-bond donors (Lipinski definition) is 2. The number of phenolic OH excluding ortho intramolecular Hbond substituents is 1. The van der Waals surface area contributed by atoms with Crippen LogP contribution in [-0.4, -0.2) is 21.1 Å². The smallest absolute Gasteiger partial charge is 0.243 e. The van der Waals surface area contributed by atoms with Gasteiger partial charge in [-0.05, 0) is 89.4 Å². The number of aryl methyl sites for hydroxylation is 1. The molecule has 7 rings (SSSR count). The van der Waals surface area contributed by atoms with Crippen molar-refractivity contribution in [1.82, 2.24) is 9.88 Å². The molecule has 1 amide bonds. The number of aromatic hydroxyl groups is 1. The minimum Gasteiger partial charge on any atom is -0.508 e. The molecule has 3 aliphatic carbocycles. The lowest BCUT2D eigenvalue weighted by Gasteiger charge is -2.70. The molecule has 5 heteroatoms. The van der Waals surface area contributed by atoms with E-state index in [2.05, 4.69) is 47.7 Å². The Morgan fingerprint density at radius 3 is 2.65 bits per heavy atom. The maximum atomic E-state index is 11.7. The molecule has 0 unspecified atom stereocenters. The highest BCUT2D eigenvalue weighted by Crippen LogP contribution is 2.68. The monoisotopic (exact) mass is 447 g/mol. The second kappa shape index (κ2) is 6.98. The topological polar surface area (TPSA) is 78.0 Å². The summed E-state index contributed by atoms with van der Waals surface area (Å²) in [5, 5.41) is 26.5. The van der Waals surface area contributed by atoms with Gasteiger partial charge in [0.2, 0.25) is 5.91 Å². The van der Waals surface area contributed by atoms with E-state index in [0.717, 1.165) is 64.2 Å². The van der Waals surface area contributed by atoms with Crippen LogP contribution >= 0.6 is 0 Å². The summed E-state index contributed by atoms with van der Waals surface area (Å²) in [6.45, 7) is 6.41. The first kappa shape index (κ1) is 20.6. The highest BCUT2D eigenvalue weighted by atomic mass is 16.3. The number of hydrogen-bond acceptors (Lipinski definition) is 3. The zero-order chi connectivity index (χ0) is 23.7. The predicted molar refractivity (Wildman–Crippen MR) is 133 cm³/mol. The van der Waals surface area contributed by atoms with Gasteiger partial charge in [0.1, 0.15) is 17.5 Å². The number of nitrogens with one attached hydrogen (secondary N) is 1. The van der Waals surface area contributed by atoms with E-state index in [-0.39, 0.29) is 22.6 Å². The van der Waals surface area contributed by atoms with Crippen molar-refractivity contribution >= 4 is 27.6 Å². The van der Waals surface area contributed by atoms with Crippen molar-refractivity contribution in [2.24, 2.45) is 5.41 Å². The Kier molecular flexibility index (Phi) is 4.22. The summed E-state index contributed by atoms with van der Waals surface area (Å²) < 4.78 is 2.14. The Labute approximate surface area is 197 Å². The number of carbonyl (C=O) groups is 1. The molecule has 0 spiro atoms. The summed E-state index contributed by atoms with van der Waals surface area (Å²) in [5.41, 5.74) is 4.90. The van der Waals surface area contributed by atoms with E-state index in [0.29, 0.717) is 5.69 Å². The molecule has 0 saturated heterocycles. The number of nitriles is 1. The SMILES string of the molecule is C=CC(=O)NC12CC(Cn3c(C#N)cc4c(C)c(-c5cc(O)cc6ccccc56)ccc43)(C1)C2. The van der Waals surface area contributed by atoms with Crippen molar-refractivity contribution in [2.75, 3.05) is 0 Å². The van der Waals surface area contributed by atoms with Crippen LogP contribution in [0.1, 0.15) is 30.5 Å². The van der Waals surface area contributed by atoms with Crippen LogP contribution in [-0.2, 0) is 11.3 Å². The van der Waals surface area contributed by atoms with Crippen molar-refractivity contribution in [2.45, 2.75) is 38.3 Å². The van der Waals surface area contributed by atoms with Crippen molar-refractivity contribution in [3.05, 3.63) is 78.5 Å². The second-order valence-electron chi connectivity index (χ2n) is 10.1. The molecule has 5 nitrogen and oxygen atoms in total. The molecule has 3 saturated carbocycles. The Hall–Kier alpha value is -4.04. The maximum Gasteiger partial charge on any atom is 0.243 e. The van der Waals surface area contributed by atoms with Crippen molar-refractivity contribution < 1.29 is 9.90 Å². The minimum absolute atomic E-state index is 0.0828. The highest BCUT2D eigenvalue weighted by Gasteiger charge is 2.68. The van der Waals surface area contributed by atoms with Gasteiger partial charge in [0.15, 0.2) is 0 Å². The molecule has 0 atom stereocenters. The number of phenols is 1. The fraction of sp³-hybridized carbons (Fsp3) is 0.241. The first-order chi connectivity index (χ1) is 16.4. The molecular weight excluding hydrogens is 422 g/mol. The summed E-state index contributed by atoms with van der Waals surface area (Å²) in [6, 6.07) is 20.2. The van der Waals surface area contributed by atoms with E-state index in [1.807, 2.05) is 30.3 Å². The summed E-state index contributed by atoms with van der Waals surface area (Å²) in [7, 11) is 0. The third kappa shape index (κ3) is 2.88. The molecule has 2 N–H and O–H groups in total. The standard InChI is InChI=1S/C29H25N3O2/c1-3-27(34)31-29-14-28(15-29,16-29)17-32-20(13-30)11-24-18(2)22(8-9-26(24)32)25-12-21(33)10-19-6-4-5-7-23(19)25/h3-12,33H,1,14-17H2,2H3,(H,31,34). The van der Waals surface area contributed by atoms with Crippen molar-refractivity contribution in [3.8, 4) is 22.9 Å². The van der Waals surface area contributed by atoms with E-state index in [9.17, 15) is 15.2 Å². The molecule has 3 aliphatic rings. The van der Waals surface area contributed by atoms with Gasteiger partial charge in [0, 0.05) is 23.0 Å². The number of carbonyl (C=O) groups excluding carboxylic acids is 1. The average Bonchev–Trinajstić information content (AvgIpc) is 3.14. The van der Waals surface area contributed by atoms with Crippen LogP contribution in [0.3, 0.4) is 0 Å². The van der Waals surface area contributed by atoms with Crippen LogP contribution in [0.25, 0.3) is 32.8 Å². The molecule has 3 aromatic carbocycles. The van der Waals surface area contributed by atoms with Gasteiger partial charge in [-0.1, -0.05) is 36.9 Å². The van der Waals surface area contributed by atoms with E-state index in [1.54, 1.807) is 6.07 Å². The highest BCUT2D eigenvalue weighted by molar-refractivity contribution is 6.01. The van der Waals surface area contributed by atoms with Gasteiger partial charge in [-0.15, -0.1) is 0 Å². The molecule has 1 heterocycles. The molecule has 0 radical (unpaired) electrons. The largest absolute Gasteiger partial charge is 0.508 e. The lowest BCUT2D eigenvalue weighted by atomic mass is 9.39. The molecule has 0 aliphatic heterocycles. The number of rotatable bonds is 5. The van der Waals surface area contributed by atoms with Gasteiger partial charge >= 0.3 is 0 Å².